The minimum atomic E-state index is -3.56. The third kappa shape index (κ3) is 2.57. The zero-order chi connectivity index (χ0) is 14.2. The van der Waals surface area contributed by atoms with Crippen LogP contribution in [0.4, 0.5) is 0 Å². The Balaban J connectivity index is 2.21. The summed E-state index contributed by atoms with van der Waals surface area (Å²) in [4.78, 5) is 11.5. The summed E-state index contributed by atoms with van der Waals surface area (Å²) in [6.45, 7) is 5.51. The normalized spacial score (nSPS) is 18.7. The summed E-state index contributed by atoms with van der Waals surface area (Å²) in [7, 11) is -3.56. The number of aromatic nitrogens is 1. The molecule has 19 heavy (non-hydrogen) atoms. The first-order valence-corrected chi connectivity index (χ1v) is 7.71. The van der Waals surface area contributed by atoms with Gasteiger partial charge in [0.05, 0.1) is 0 Å². The van der Waals surface area contributed by atoms with Crippen LogP contribution in [0.3, 0.4) is 0 Å². The molecule has 2 rings (SSSR count). The molecule has 0 amide bonds. The van der Waals surface area contributed by atoms with Crippen molar-refractivity contribution in [2.75, 3.05) is 13.1 Å². The van der Waals surface area contributed by atoms with Crippen molar-refractivity contribution in [2.24, 2.45) is 5.92 Å². The number of carbonyl (C=O) groups excluding carboxylic acids is 1. The highest BCUT2D eigenvalue weighted by atomic mass is 32.2. The maximum atomic E-state index is 12.5. The minimum absolute atomic E-state index is 0.0175. The summed E-state index contributed by atoms with van der Waals surface area (Å²) < 4.78 is 31.4. The number of Topliss-reactive ketones (excluding diaryl/α,β-unsaturated/α-hetero) is 1. The predicted octanol–water partition coefficient (Wildman–Crippen LogP) is 1.28. The molecule has 0 bridgehead atoms. The largest absolute Gasteiger partial charge is 0.360 e. The molecule has 0 N–H and O–H groups in total. The lowest BCUT2D eigenvalue weighted by molar-refractivity contribution is -0.121. The second-order valence-corrected chi connectivity index (χ2v) is 6.82. The van der Waals surface area contributed by atoms with Gasteiger partial charge in [0, 0.05) is 19.0 Å². The number of carbonyl (C=O) groups is 1. The SMILES string of the molecule is CC(=O)C1CCN(S(=O)(=O)c2c(C)noc2C)CC1. The molecule has 1 aliphatic heterocycles. The molecular formula is C12H18N2O4S. The molecule has 0 unspecified atom stereocenters. The first kappa shape index (κ1) is 14.2. The van der Waals surface area contributed by atoms with Gasteiger partial charge in [-0.3, -0.25) is 4.79 Å². The van der Waals surface area contributed by atoms with Crippen LogP contribution in [0.1, 0.15) is 31.2 Å². The van der Waals surface area contributed by atoms with E-state index in [0.29, 0.717) is 37.4 Å². The Morgan fingerprint density at radius 1 is 1.32 bits per heavy atom. The molecule has 1 aliphatic rings. The molecular weight excluding hydrogens is 268 g/mol. The van der Waals surface area contributed by atoms with Crippen LogP contribution in [0.5, 0.6) is 0 Å². The summed E-state index contributed by atoms with van der Waals surface area (Å²) in [5.41, 5.74) is 0.381. The summed E-state index contributed by atoms with van der Waals surface area (Å²) in [6.07, 6.45) is 1.16. The van der Waals surface area contributed by atoms with Gasteiger partial charge in [-0.2, -0.15) is 4.31 Å². The van der Waals surface area contributed by atoms with Gasteiger partial charge >= 0.3 is 0 Å². The summed E-state index contributed by atoms with van der Waals surface area (Å²) in [6, 6.07) is 0. The Kier molecular flexibility index (Phi) is 3.78. The van der Waals surface area contributed by atoms with Crippen molar-refractivity contribution in [3.8, 4) is 0 Å². The maximum Gasteiger partial charge on any atom is 0.248 e. The molecule has 7 heteroatoms. The first-order valence-electron chi connectivity index (χ1n) is 6.27. The second kappa shape index (κ2) is 5.05. The van der Waals surface area contributed by atoms with Gasteiger partial charge in [-0.1, -0.05) is 5.16 Å². The molecule has 1 fully saturated rings. The average Bonchev–Trinajstić information content (AvgIpc) is 2.69. The lowest BCUT2D eigenvalue weighted by atomic mass is 9.95. The molecule has 1 aromatic heterocycles. The standard InChI is InChI=1S/C12H18N2O4S/c1-8-12(10(3)18-13-8)19(16,17)14-6-4-11(5-7-14)9(2)15/h11H,4-7H2,1-3H3. The number of nitrogens with zero attached hydrogens (tertiary/aromatic N) is 2. The zero-order valence-electron chi connectivity index (χ0n) is 11.3. The fourth-order valence-electron chi connectivity index (χ4n) is 2.47. The minimum Gasteiger partial charge on any atom is -0.360 e. The number of ketones is 1. The number of aryl methyl sites for hydroxylation is 2. The van der Waals surface area contributed by atoms with Crippen LogP contribution in [0.15, 0.2) is 9.42 Å². The van der Waals surface area contributed by atoms with E-state index in [9.17, 15) is 13.2 Å². The highest BCUT2D eigenvalue weighted by Crippen LogP contribution is 2.27. The molecule has 6 nitrogen and oxygen atoms in total. The van der Waals surface area contributed by atoms with E-state index in [1.165, 1.54) is 4.31 Å². The number of piperidine rings is 1. The third-order valence-electron chi connectivity index (χ3n) is 3.59. The molecule has 0 spiro atoms. The first-order chi connectivity index (χ1) is 8.84. The lowest BCUT2D eigenvalue weighted by Gasteiger charge is -2.29. The van der Waals surface area contributed by atoms with E-state index < -0.39 is 10.0 Å². The van der Waals surface area contributed by atoms with E-state index in [-0.39, 0.29) is 16.6 Å². The van der Waals surface area contributed by atoms with Crippen LogP contribution in [-0.4, -0.2) is 36.8 Å². The van der Waals surface area contributed by atoms with E-state index >= 15 is 0 Å². The van der Waals surface area contributed by atoms with E-state index in [1.807, 2.05) is 0 Å². The zero-order valence-corrected chi connectivity index (χ0v) is 12.2. The molecule has 106 valence electrons. The van der Waals surface area contributed by atoms with Gasteiger partial charge in [-0.15, -0.1) is 0 Å². The van der Waals surface area contributed by atoms with Crippen LogP contribution in [0.2, 0.25) is 0 Å². The Bertz CT molecular complexity index is 563. The number of sulfonamides is 1. The van der Waals surface area contributed by atoms with E-state index in [1.54, 1.807) is 20.8 Å². The van der Waals surface area contributed by atoms with Crippen LogP contribution in [0.25, 0.3) is 0 Å². The van der Waals surface area contributed by atoms with Gasteiger partial charge in [0.25, 0.3) is 0 Å². The molecule has 0 atom stereocenters. The number of hydrogen-bond donors (Lipinski definition) is 0. The average molecular weight is 286 g/mol. The van der Waals surface area contributed by atoms with Crippen LogP contribution < -0.4 is 0 Å². The van der Waals surface area contributed by atoms with E-state index in [2.05, 4.69) is 5.16 Å². The smallest absolute Gasteiger partial charge is 0.248 e. The Labute approximate surface area is 112 Å². The monoisotopic (exact) mass is 286 g/mol. The van der Waals surface area contributed by atoms with E-state index in [4.69, 9.17) is 4.52 Å². The van der Waals surface area contributed by atoms with Crippen molar-refractivity contribution in [3.05, 3.63) is 11.5 Å². The van der Waals surface area contributed by atoms with Gasteiger partial charge in [0.2, 0.25) is 10.0 Å². The van der Waals surface area contributed by atoms with Crippen molar-refractivity contribution in [3.63, 3.8) is 0 Å². The predicted molar refractivity (Wildman–Crippen MR) is 68.1 cm³/mol. The maximum absolute atomic E-state index is 12.5. The summed E-state index contributed by atoms with van der Waals surface area (Å²) in [5.74, 6) is 0.427. The summed E-state index contributed by atoms with van der Waals surface area (Å²) >= 11 is 0. The van der Waals surface area contributed by atoms with Crippen molar-refractivity contribution in [1.82, 2.24) is 9.46 Å². The van der Waals surface area contributed by atoms with Gasteiger partial charge < -0.3 is 4.52 Å². The summed E-state index contributed by atoms with van der Waals surface area (Å²) in [5, 5.41) is 3.69. The molecule has 1 saturated heterocycles. The van der Waals surface area contributed by atoms with Crippen molar-refractivity contribution in [1.29, 1.82) is 0 Å². The fourth-order valence-corrected chi connectivity index (χ4v) is 4.24. The highest BCUT2D eigenvalue weighted by Gasteiger charge is 2.34. The fraction of sp³-hybridized carbons (Fsp3) is 0.667. The second-order valence-electron chi connectivity index (χ2n) is 4.94. The Morgan fingerprint density at radius 3 is 2.32 bits per heavy atom. The highest BCUT2D eigenvalue weighted by molar-refractivity contribution is 7.89. The number of hydrogen-bond acceptors (Lipinski definition) is 5. The molecule has 0 saturated carbocycles. The molecule has 0 aliphatic carbocycles. The Hall–Kier alpha value is -1.21. The molecule has 0 radical (unpaired) electrons. The third-order valence-corrected chi connectivity index (χ3v) is 5.74. The van der Waals surface area contributed by atoms with Gasteiger partial charge in [0.1, 0.15) is 16.4 Å². The molecule has 2 heterocycles. The van der Waals surface area contributed by atoms with Crippen LogP contribution in [-0.2, 0) is 14.8 Å². The quantitative estimate of drug-likeness (QED) is 0.836. The van der Waals surface area contributed by atoms with E-state index in [0.717, 1.165) is 0 Å². The Morgan fingerprint density at radius 2 is 1.89 bits per heavy atom. The molecule has 1 aromatic rings. The van der Waals surface area contributed by atoms with Gasteiger partial charge in [0.15, 0.2) is 5.76 Å². The lowest BCUT2D eigenvalue weighted by Crippen LogP contribution is -2.40. The van der Waals surface area contributed by atoms with Crippen LogP contribution in [0, 0.1) is 19.8 Å². The van der Waals surface area contributed by atoms with Crippen molar-refractivity contribution >= 4 is 15.8 Å². The van der Waals surface area contributed by atoms with Gasteiger partial charge in [-0.05, 0) is 33.6 Å². The van der Waals surface area contributed by atoms with Gasteiger partial charge in [-0.25, -0.2) is 8.42 Å². The topological polar surface area (TPSA) is 80.5 Å². The number of rotatable bonds is 3. The van der Waals surface area contributed by atoms with Crippen molar-refractivity contribution < 1.29 is 17.7 Å². The van der Waals surface area contributed by atoms with Crippen molar-refractivity contribution in [2.45, 2.75) is 38.5 Å². The van der Waals surface area contributed by atoms with Crippen LogP contribution >= 0.6 is 0 Å². The molecule has 0 aromatic carbocycles.